The molecule has 2 nitrogen and oxygen atoms in total. The van der Waals surface area contributed by atoms with E-state index in [9.17, 15) is 0 Å². The second-order valence-corrected chi connectivity index (χ2v) is 6.08. The molecule has 4 aromatic rings. The topological polar surface area (TPSA) is 47.7 Å². The van der Waals surface area contributed by atoms with Gasteiger partial charge in [0.1, 0.15) is 0 Å². The van der Waals surface area contributed by atoms with Crippen molar-refractivity contribution in [3.05, 3.63) is 52.2 Å². The van der Waals surface area contributed by atoms with Crippen LogP contribution >= 0.6 is 12.6 Å². The first-order valence-corrected chi connectivity index (χ1v) is 7.33. The molecule has 0 saturated heterocycles. The first kappa shape index (κ1) is 12.6. The number of benzene rings is 4. The van der Waals surface area contributed by atoms with E-state index >= 15 is 0 Å². The lowest BCUT2D eigenvalue weighted by Crippen LogP contribution is -2.24. The zero-order chi connectivity index (χ0) is 14.9. The minimum absolute atomic E-state index is 0.302. The molecule has 0 unspecified atom stereocenters. The van der Waals surface area contributed by atoms with Gasteiger partial charge in [-0.3, -0.25) is 10.8 Å². The van der Waals surface area contributed by atoms with Crippen molar-refractivity contribution in [2.45, 2.75) is 18.7 Å². The highest BCUT2D eigenvalue weighted by Crippen LogP contribution is 2.39. The smallest absolute Gasteiger partial charge is 0.0874 e. The number of aryl methyl sites for hydroxylation is 2. The Bertz CT molecular complexity index is 1150. The fraction of sp³-hybridized carbons (Fsp3) is 0.111. The number of rotatable bonds is 0. The van der Waals surface area contributed by atoms with E-state index in [1.165, 1.54) is 5.56 Å². The zero-order valence-electron chi connectivity index (χ0n) is 11.8. The van der Waals surface area contributed by atoms with E-state index in [2.05, 4.69) is 19.9 Å². The average Bonchev–Trinajstić information content (AvgIpc) is 2.49. The van der Waals surface area contributed by atoms with E-state index in [1.54, 1.807) is 0 Å². The maximum absolute atomic E-state index is 8.32. The molecule has 0 heterocycles. The molecule has 0 bridgehead atoms. The van der Waals surface area contributed by atoms with Gasteiger partial charge in [-0.05, 0) is 41.1 Å². The molecule has 2 N–H and O–H groups in total. The zero-order valence-corrected chi connectivity index (χ0v) is 12.7. The van der Waals surface area contributed by atoms with Crippen LogP contribution in [0.2, 0.25) is 0 Å². The molecule has 0 atom stereocenters. The second kappa shape index (κ2) is 3.95. The van der Waals surface area contributed by atoms with Crippen LogP contribution in [-0.4, -0.2) is 0 Å². The van der Waals surface area contributed by atoms with Crippen LogP contribution in [0.3, 0.4) is 0 Å². The summed E-state index contributed by atoms with van der Waals surface area (Å²) in [6.07, 6.45) is 0. The maximum atomic E-state index is 8.32. The molecular weight excluding hydrogens is 276 g/mol. The van der Waals surface area contributed by atoms with Gasteiger partial charge in [0, 0.05) is 21.1 Å². The summed E-state index contributed by atoms with van der Waals surface area (Å²) in [6, 6.07) is 9.99. The summed E-state index contributed by atoms with van der Waals surface area (Å²) < 4.78 is 0. The van der Waals surface area contributed by atoms with Gasteiger partial charge in [0.15, 0.2) is 0 Å². The molecule has 0 aliphatic rings. The lowest BCUT2D eigenvalue weighted by Gasteiger charge is -2.17. The third-order valence-electron chi connectivity index (χ3n) is 4.51. The van der Waals surface area contributed by atoms with Crippen molar-refractivity contribution in [3.63, 3.8) is 0 Å². The fourth-order valence-electron chi connectivity index (χ4n) is 3.41. The third-order valence-corrected chi connectivity index (χ3v) is 5.07. The van der Waals surface area contributed by atoms with Crippen LogP contribution in [-0.2, 0) is 0 Å². The Labute approximate surface area is 127 Å². The SMILES string of the molecule is Cc1c(S)c2c(C)ccc3c(=N)c(=N)c4cccc1c4c23. The van der Waals surface area contributed by atoms with Crippen LogP contribution in [0.4, 0.5) is 0 Å². The van der Waals surface area contributed by atoms with E-state index in [0.29, 0.717) is 10.7 Å². The van der Waals surface area contributed by atoms with Crippen LogP contribution < -0.4 is 10.7 Å². The molecule has 4 aromatic carbocycles. The van der Waals surface area contributed by atoms with Gasteiger partial charge in [0.05, 0.1) is 10.7 Å². The van der Waals surface area contributed by atoms with Crippen molar-refractivity contribution in [3.8, 4) is 0 Å². The Morgan fingerprint density at radius 2 is 1.38 bits per heavy atom. The van der Waals surface area contributed by atoms with Crippen LogP contribution in [0.15, 0.2) is 35.2 Å². The minimum Gasteiger partial charge on any atom is -0.298 e. The Kier molecular flexibility index (Phi) is 2.37. The van der Waals surface area contributed by atoms with E-state index < -0.39 is 0 Å². The van der Waals surface area contributed by atoms with E-state index in [-0.39, 0.29) is 0 Å². The quantitative estimate of drug-likeness (QED) is 0.325. The highest BCUT2D eigenvalue weighted by atomic mass is 32.1. The predicted octanol–water partition coefficient (Wildman–Crippen LogP) is 3.89. The minimum atomic E-state index is 0.302. The summed E-state index contributed by atoms with van der Waals surface area (Å²) in [4.78, 5) is 0.982. The second-order valence-electron chi connectivity index (χ2n) is 5.63. The average molecular weight is 290 g/mol. The molecule has 3 heteroatoms. The molecule has 102 valence electrons. The molecule has 0 amide bonds. The Balaban J connectivity index is 2.62. The molecular formula is C18H14N2S. The summed E-state index contributed by atoms with van der Waals surface area (Å²) in [5.74, 6) is 0. The van der Waals surface area contributed by atoms with Crippen molar-refractivity contribution < 1.29 is 0 Å². The van der Waals surface area contributed by atoms with Crippen LogP contribution in [0.5, 0.6) is 0 Å². The highest BCUT2D eigenvalue weighted by molar-refractivity contribution is 7.80. The molecule has 0 aliphatic carbocycles. The highest BCUT2D eigenvalue weighted by Gasteiger charge is 2.17. The van der Waals surface area contributed by atoms with Gasteiger partial charge in [-0.25, -0.2) is 0 Å². The van der Waals surface area contributed by atoms with Crippen LogP contribution in [0.1, 0.15) is 11.1 Å². The molecule has 4 rings (SSSR count). The fourth-order valence-corrected chi connectivity index (χ4v) is 3.82. The summed E-state index contributed by atoms with van der Waals surface area (Å²) in [5, 5.41) is 23.4. The Morgan fingerprint density at radius 3 is 2.10 bits per heavy atom. The molecule has 0 fully saturated rings. The van der Waals surface area contributed by atoms with Gasteiger partial charge in [0.2, 0.25) is 0 Å². The largest absolute Gasteiger partial charge is 0.298 e. The summed E-state index contributed by atoms with van der Waals surface area (Å²) in [6.45, 7) is 4.16. The number of hydrogen-bond acceptors (Lipinski definition) is 3. The Hall–Kier alpha value is -2.13. The van der Waals surface area contributed by atoms with Gasteiger partial charge < -0.3 is 0 Å². The Morgan fingerprint density at radius 1 is 0.762 bits per heavy atom. The van der Waals surface area contributed by atoms with Crippen molar-refractivity contribution in [2.24, 2.45) is 0 Å². The predicted molar refractivity (Wildman–Crippen MR) is 89.8 cm³/mol. The summed E-state index contributed by atoms with van der Waals surface area (Å²) >= 11 is 4.74. The number of hydrogen-bond donors (Lipinski definition) is 3. The summed E-state index contributed by atoms with van der Waals surface area (Å²) in [5.41, 5.74) is 2.31. The van der Waals surface area contributed by atoms with E-state index in [4.69, 9.17) is 23.4 Å². The molecule has 0 aliphatic heterocycles. The lowest BCUT2D eigenvalue weighted by molar-refractivity contribution is 1.18. The molecule has 0 spiro atoms. The van der Waals surface area contributed by atoms with Gasteiger partial charge in [0.25, 0.3) is 0 Å². The first-order chi connectivity index (χ1) is 10.0. The van der Waals surface area contributed by atoms with Gasteiger partial charge >= 0.3 is 0 Å². The van der Waals surface area contributed by atoms with Gasteiger partial charge in [-0.15, -0.1) is 12.6 Å². The van der Waals surface area contributed by atoms with Crippen molar-refractivity contribution >= 4 is 44.9 Å². The van der Waals surface area contributed by atoms with Crippen LogP contribution in [0.25, 0.3) is 32.3 Å². The molecule has 0 saturated carbocycles. The van der Waals surface area contributed by atoms with E-state index in [0.717, 1.165) is 42.8 Å². The monoisotopic (exact) mass is 290 g/mol. The number of thiol groups is 1. The standard InChI is InChI=1S/C18H14N2S/c1-8-6-7-12-15-13(8)18(21)9(2)10-4-3-5-11(14(10)15)16(19)17(12)20/h3-7,19-21H,1-2H3. The third kappa shape index (κ3) is 1.39. The molecule has 0 aromatic heterocycles. The van der Waals surface area contributed by atoms with Gasteiger partial charge in [-0.1, -0.05) is 30.3 Å². The summed E-state index contributed by atoms with van der Waals surface area (Å²) in [7, 11) is 0. The van der Waals surface area contributed by atoms with Crippen molar-refractivity contribution in [1.29, 1.82) is 10.8 Å². The first-order valence-electron chi connectivity index (χ1n) is 6.88. The van der Waals surface area contributed by atoms with Crippen molar-refractivity contribution in [1.82, 2.24) is 0 Å². The van der Waals surface area contributed by atoms with E-state index in [1.807, 2.05) is 24.3 Å². The van der Waals surface area contributed by atoms with Crippen LogP contribution in [0, 0.1) is 24.7 Å². The maximum Gasteiger partial charge on any atom is 0.0874 e. The van der Waals surface area contributed by atoms with Crippen molar-refractivity contribution in [2.75, 3.05) is 0 Å². The molecule has 0 radical (unpaired) electrons. The van der Waals surface area contributed by atoms with Gasteiger partial charge in [-0.2, -0.15) is 0 Å². The molecule has 21 heavy (non-hydrogen) atoms. The lowest BCUT2D eigenvalue weighted by atomic mass is 9.89. The number of nitrogens with one attached hydrogen (secondary N) is 2. The normalized spacial score (nSPS) is 12.0.